The number of pyridine rings is 1. The van der Waals surface area contributed by atoms with E-state index in [1.165, 1.54) is 0 Å². The van der Waals surface area contributed by atoms with Gasteiger partial charge in [-0.15, -0.1) is 0 Å². The van der Waals surface area contributed by atoms with Gasteiger partial charge in [0.2, 0.25) is 0 Å². The van der Waals surface area contributed by atoms with Crippen molar-refractivity contribution in [2.75, 3.05) is 0 Å². The van der Waals surface area contributed by atoms with E-state index in [0.29, 0.717) is 6.42 Å². The van der Waals surface area contributed by atoms with Crippen molar-refractivity contribution in [2.24, 2.45) is 11.8 Å². The summed E-state index contributed by atoms with van der Waals surface area (Å²) in [6, 6.07) is 6.60. The lowest BCUT2D eigenvalue weighted by atomic mass is 9.54. The summed E-state index contributed by atoms with van der Waals surface area (Å²) in [7, 11) is 0. The normalized spacial score (nSPS) is 37.4. The van der Waals surface area contributed by atoms with Gasteiger partial charge >= 0.3 is 0 Å². The van der Waals surface area contributed by atoms with Crippen molar-refractivity contribution in [1.82, 2.24) is 4.98 Å². The van der Waals surface area contributed by atoms with Gasteiger partial charge < -0.3 is 5.11 Å². The maximum atomic E-state index is 10.5. The molecule has 104 valence electrons. The predicted molar refractivity (Wildman–Crippen MR) is 77.0 cm³/mol. The van der Waals surface area contributed by atoms with Gasteiger partial charge in [0, 0.05) is 17.3 Å². The van der Waals surface area contributed by atoms with Crippen LogP contribution in [-0.2, 0) is 11.8 Å². The Morgan fingerprint density at radius 2 is 2.25 bits per heavy atom. The van der Waals surface area contributed by atoms with Crippen LogP contribution in [0.4, 0.5) is 0 Å². The fourth-order valence-electron chi connectivity index (χ4n) is 4.11. The lowest BCUT2D eigenvalue weighted by molar-refractivity contribution is 0.0306. The number of aliphatic hydroxyl groups excluding tert-OH is 1. The molecule has 1 unspecified atom stereocenters. The molecule has 1 aromatic heterocycles. The molecular weight excluding hydrogens is 248 g/mol. The summed E-state index contributed by atoms with van der Waals surface area (Å²) < 4.78 is 0. The van der Waals surface area contributed by atoms with Crippen molar-refractivity contribution in [3.05, 3.63) is 40.7 Å². The van der Waals surface area contributed by atoms with E-state index in [9.17, 15) is 10.4 Å². The van der Waals surface area contributed by atoms with E-state index >= 15 is 0 Å². The second-order valence-electron chi connectivity index (χ2n) is 6.19. The van der Waals surface area contributed by atoms with E-state index in [2.05, 4.69) is 17.1 Å². The van der Waals surface area contributed by atoms with Crippen molar-refractivity contribution < 1.29 is 5.11 Å². The highest BCUT2D eigenvalue weighted by Crippen LogP contribution is 2.53. The Morgan fingerprint density at radius 1 is 1.50 bits per heavy atom. The van der Waals surface area contributed by atoms with Gasteiger partial charge in [0.1, 0.15) is 5.41 Å². The van der Waals surface area contributed by atoms with Crippen molar-refractivity contribution >= 4 is 0 Å². The van der Waals surface area contributed by atoms with Gasteiger partial charge in [0.25, 0.3) is 0 Å². The van der Waals surface area contributed by atoms with Gasteiger partial charge in [-0.2, -0.15) is 5.26 Å². The third-order valence-corrected chi connectivity index (χ3v) is 5.00. The van der Waals surface area contributed by atoms with E-state index < -0.39 is 5.41 Å². The fraction of sp³-hybridized carbons (Fsp3) is 0.529. The van der Waals surface area contributed by atoms with E-state index in [0.717, 1.165) is 28.9 Å². The van der Waals surface area contributed by atoms with Crippen molar-refractivity contribution in [3.63, 3.8) is 0 Å². The van der Waals surface area contributed by atoms with Crippen LogP contribution in [0, 0.1) is 30.1 Å². The summed E-state index contributed by atoms with van der Waals surface area (Å²) in [5.74, 6) is 0.169. The minimum Gasteiger partial charge on any atom is -0.392 e. The van der Waals surface area contributed by atoms with Crippen LogP contribution in [0.2, 0.25) is 0 Å². The maximum absolute atomic E-state index is 10.5. The number of nitrogens with zero attached hydrogens (tertiary/aromatic N) is 2. The van der Waals surface area contributed by atoms with Gasteiger partial charge in [-0.1, -0.05) is 19.1 Å². The number of hydrogen-bond acceptors (Lipinski definition) is 3. The molecular formula is C17H20N2O. The zero-order valence-corrected chi connectivity index (χ0v) is 12.2. The first-order valence-corrected chi connectivity index (χ1v) is 7.26. The summed E-state index contributed by atoms with van der Waals surface area (Å²) in [5, 5.41) is 20.4. The van der Waals surface area contributed by atoms with Crippen LogP contribution >= 0.6 is 0 Å². The molecule has 2 bridgehead atoms. The molecule has 0 aliphatic heterocycles. The number of hydrogen-bond donors (Lipinski definition) is 1. The van der Waals surface area contributed by atoms with Crippen molar-refractivity contribution in [3.8, 4) is 6.07 Å². The molecule has 0 radical (unpaired) electrons. The molecule has 1 N–H and O–H groups in total. The molecule has 0 amide bonds. The first-order valence-electron chi connectivity index (χ1n) is 7.26. The lowest BCUT2D eigenvalue weighted by Crippen LogP contribution is -2.50. The standard InChI is InChI=1S/C17H20N2O/c1-4-13-12-7-15-14(6-5-11(3)19-15)17(13,9-18)8-10(2)16(12)20/h4-6,10,12,16,20H,7-8H2,1-3H3/t10?,12-,16-,17+/m0/s1. The molecule has 0 aromatic carbocycles. The van der Waals surface area contributed by atoms with Crippen LogP contribution < -0.4 is 0 Å². The Kier molecular flexibility index (Phi) is 2.95. The molecule has 4 atom stereocenters. The Balaban J connectivity index is 2.28. The summed E-state index contributed by atoms with van der Waals surface area (Å²) in [6.07, 6.45) is 3.08. The number of nitriles is 1. The second kappa shape index (κ2) is 4.43. The minimum absolute atomic E-state index is 0.0326. The third-order valence-electron chi connectivity index (χ3n) is 5.00. The minimum atomic E-state index is -0.591. The first-order chi connectivity index (χ1) is 9.53. The number of rotatable bonds is 0. The molecule has 20 heavy (non-hydrogen) atoms. The van der Waals surface area contributed by atoms with E-state index in [4.69, 9.17) is 0 Å². The first kappa shape index (κ1) is 13.3. The zero-order chi connectivity index (χ0) is 14.5. The quantitative estimate of drug-likeness (QED) is 0.736. The second-order valence-corrected chi connectivity index (χ2v) is 6.19. The molecule has 2 aliphatic carbocycles. The molecule has 1 aromatic rings. The SMILES string of the molecule is CC=C1[C@@H]2Cc3nc(C)ccc3[C@@]1(C#N)CC(C)[C@@H]2O. The summed E-state index contributed by atoms with van der Waals surface area (Å²) in [4.78, 5) is 4.63. The molecule has 0 saturated heterocycles. The summed E-state index contributed by atoms with van der Waals surface area (Å²) >= 11 is 0. The number of allylic oxidation sites excluding steroid dienone is 1. The molecule has 2 aliphatic rings. The van der Waals surface area contributed by atoms with Gasteiger partial charge in [-0.25, -0.2) is 0 Å². The molecule has 1 saturated carbocycles. The molecule has 1 fully saturated rings. The molecule has 3 rings (SSSR count). The predicted octanol–water partition coefficient (Wildman–Crippen LogP) is 2.67. The largest absolute Gasteiger partial charge is 0.392 e. The van der Waals surface area contributed by atoms with E-state index in [1.54, 1.807) is 0 Å². The van der Waals surface area contributed by atoms with Crippen molar-refractivity contribution in [1.29, 1.82) is 5.26 Å². The number of aryl methyl sites for hydroxylation is 1. The van der Waals surface area contributed by atoms with Crippen LogP contribution in [0.3, 0.4) is 0 Å². The van der Waals surface area contributed by atoms with Crippen LogP contribution in [0.1, 0.15) is 37.2 Å². The monoisotopic (exact) mass is 268 g/mol. The van der Waals surface area contributed by atoms with Crippen LogP contribution in [-0.4, -0.2) is 16.2 Å². The van der Waals surface area contributed by atoms with Gasteiger partial charge in [-0.05, 0) is 49.8 Å². The number of fused-ring (bicyclic) bond motifs is 4. The topological polar surface area (TPSA) is 56.9 Å². The average molecular weight is 268 g/mol. The smallest absolute Gasteiger partial charge is 0.106 e. The van der Waals surface area contributed by atoms with Crippen molar-refractivity contribution in [2.45, 2.75) is 45.1 Å². The number of aromatic nitrogens is 1. The van der Waals surface area contributed by atoms with Gasteiger partial charge in [0.15, 0.2) is 0 Å². The van der Waals surface area contributed by atoms with Crippen LogP contribution in [0.25, 0.3) is 0 Å². The Labute approximate surface area is 120 Å². The average Bonchev–Trinajstić information content (AvgIpc) is 2.44. The van der Waals surface area contributed by atoms with E-state index in [1.807, 2.05) is 32.9 Å². The van der Waals surface area contributed by atoms with Gasteiger partial charge in [-0.3, -0.25) is 4.98 Å². The summed E-state index contributed by atoms with van der Waals surface area (Å²) in [6.45, 7) is 5.99. The lowest BCUT2D eigenvalue weighted by Gasteiger charge is -2.49. The summed E-state index contributed by atoms with van der Waals surface area (Å²) in [5.41, 5.74) is 3.51. The Bertz CT molecular complexity index is 628. The molecule has 3 heteroatoms. The number of aliphatic hydroxyl groups is 1. The van der Waals surface area contributed by atoms with Crippen LogP contribution in [0.15, 0.2) is 23.8 Å². The van der Waals surface area contributed by atoms with Gasteiger partial charge in [0.05, 0.1) is 12.2 Å². The Morgan fingerprint density at radius 3 is 2.90 bits per heavy atom. The highest BCUT2D eigenvalue weighted by molar-refractivity contribution is 5.52. The molecule has 3 nitrogen and oxygen atoms in total. The van der Waals surface area contributed by atoms with Crippen LogP contribution in [0.5, 0.6) is 0 Å². The highest BCUT2D eigenvalue weighted by Gasteiger charge is 2.53. The fourth-order valence-corrected chi connectivity index (χ4v) is 4.11. The highest BCUT2D eigenvalue weighted by atomic mass is 16.3. The molecule has 0 spiro atoms. The molecule has 1 heterocycles. The zero-order valence-electron chi connectivity index (χ0n) is 12.2. The third kappa shape index (κ3) is 1.58. The Hall–Kier alpha value is -1.66. The maximum Gasteiger partial charge on any atom is 0.106 e. The van der Waals surface area contributed by atoms with E-state index in [-0.39, 0.29) is 17.9 Å².